The average molecular weight is 295 g/mol. The predicted molar refractivity (Wildman–Crippen MR) is 92.3 cm³/mol. The number of rotatable bonds is 9. The highest BCUT2D eigenvalue weighted by molar-refractivity contribution is 7.98. The fraction of sp³-hybridized carbons (Fsp3) is 0.647. The third kappa shape index (κ3) is 6.78. The standard InChI is InChI=1S/C17H30N2S/c1-14(2)18-12-16-6-8-17(9-7-16)13-19(4)15(3)10-11-20-5/h6-9,14-15,18H,10-13H2,1-5H3. The van der Waals surface area contributed by atoms with Crippen molar-refractivity contribution in [3.63, 3.8) is 0 Å². The molecular weight excluding hydrogens is 264 g/mol. The van der Waals surface area contributed by atoms with Crippen LogP contribution in [0, 0.1) is 0 Å². The molecule has 1 N–H and O–H groups in total. The Balaban J connectivity index is 2.44. The minimum Gasteiger partial charge on any atom is -0.310 e. The van der Waals surface area contributed by atoms with Gasteiger partial charge in [0.25, 0.3) is 0 Å². The first-order valence-corrected chi connectivity index (χ1v) is 8.92. The molecule has 0 heterocycles. The van der Waals surface area contributed by atoms with Crippen LogP contribution < -0.4 is 5.32 Å². The number of nitrogens with zero attached hydrogens (tertiary/aromatic N) is 1. The van der Waals surface area contributed by atoms with Crippen molar-refractivity contribution in [1.29, 1.82) is 0 Å². The summed E-state index contributed by atoms with van der Waals surface area (Å²) in [7, 11) is 2.22. The molecule has 0 aliphatic heterocycles. The molecule has 0 aliphatic rings. The van der Waals surface area contributed by atoms with Crippen molar-refractivity contribution in [2.24, 2.45) is 0 Å². The Bertz CT molecular complexity index is 362. The summed E-state index contributed by atoms with van der Waals surface area (Å²) in [4.78, 5) is 2.44. The Morgan fingerprint density at radius 3 is 2.25 bits per heavy atom. The van der Waals surface area contributed by atoms with Gasteiger partial charge in [0.15, 0.2) is 0 Å². The van der Waals surface area contributed by atoms with Crippen molar-refractivity contribution in [3.05, 3.63) is 35.4 Å². The van der Waals surface area contributed by atoms with Gasteiger partial charge in [-0.05, 0) is 43.5 Å². The third-order valence-electron chi connectivity index (χ3n) is 3.66. The smallest absolute Gasteiger partial charge is 0.0233 e. The topological polar surface area (TPSA) is 15.3 Å². The lowest BCUT2D eigenvalue weighted by Crippen LogP contribution is -2.29. The summed E-state index contributed by atoms with van der Waals surface area (Å²) >= 11 is 1.93. The largest absolute Gasteiger partial charge is 0.310 e. The summed E-state index contributed by atoms with van der Waals surface area (Å²) in [5.41, 5.74) is 2.76. The molecule has 114 valence electrons. The summed E-state index contributed by atoms with van der Waals surface area (Å²) in [5, 5.41) is 3.45. The number of benzene rings is 1. The van der Waals surface area contributed by atoms with E-state index < -0.39 is 0 Å². The lowest BCUT2D eigenvalue weighted by atomic mass is 10.1. The molecule has 0 saturated carbocycles. The Labute approximate surface area is 129 Å². The second kappa shape index (κ2) is 9.43. The van der Waals surface area contributed by atoms with Crippen LogP contribution in [0.1, 0.15) is 38.3 Å². The van der Waals surface area contributed by atoms with Crippen LogP contribution in [0.2, 0.25) is 0 Å². The van der Waals surface area contributed by atoms with E-state index in [0.717, 1.165) is 13.1 Å². The van der Waals surface area contributed by atoms with Crippen molar-refractivity contribution in [2.45, 2.75) is 52.4 Å². The molecule has 1 rings (SSSR count). The van der Waals surface area contributed by atoms with E-state index in [2.05, 4.69) is 68.6 Å². The summed E-state index contributed by atoms with van der Waals surface area (Å²) in [6.45, 7) is 8.67. The minimum atomic E-state index is 0.540. The average Bonchev–Trinajstić information content (AvgIpc) is 2.43. The minimum absolute atomic E-state index is 0.540. The molecule has 0 spiro atoms. The van der Waals surface area contributed by atoms with Gasteiger partial charge in [-0.1, -0.05) is 38.1 Å². The van der Waals surface area contributed by atoms with E-state index in [1.807, 2.05) is 11.8 Å². The Kier molecular flexibility index (Phi) is 8.27. The molecule has 1 atom stereocenters. The molecule has 1 aromatic rings. The lowest BCUT2D eigenvalue weighted by molar-refractivity contribution is 0.245. The van der Waals surface area contributed by atoms with Crippen LogP contribution in [0.5, 0.6) is 0 Å². The Morgan fingerprint density at radius 2 is 1.70 bits per heavy atom. The maximum atomic E-state index is 3.45. The predicted octanol–water partition coefficient (Wildman–Crippen LogP) is 3.76. The van der Waals surface area contributed by atoms with Crippen LogP contribution in [-0.2, 0) is 13.1 Å². The second-order valence-electron chi connectivity index (χ2n) is 5.90. The van der Waals surface area contributed by atoms with Gasteiger partial charge in [0, 0.05) is 25.2 Å². The van der Waals surface area contributed by atoms with Crippen LogP contribution >= 0.6 is 11.8 Å². The summed E-state index contributed by atoms with van der Waals surface area (Å²) in [6, 6.07) is 10.2. The van der Waals surface area contributed by atoms with Gasteiger partial charge in [0.05, 0.1) is 0 Å². The van der Waals surface area contributed by atoms with Gasteiger partial charge in [0.2, 0.25) is 0 Å². The number of nitrogens with one attached hydrogen (secondary N) is 1. The fourth-order valence-corrected chi connectivity index (χ4v) is 2.61. The van der Waals surface area contributed by atoms with E-state index in [4.69, 9.17) is 0 Å². The maximum absolute atomic E-state index is 3.45. The van der Waals surface area contributed by atoms with Crippen LogP contribution in [0.15, 0.2) is 24.3 Å². The first kappa shape index (κ1) is 17.5. The van der Waals surface area contributed by atoms with Gasteiger partial charge in [-0.2, -0.15) is 11.8 Å². The van der Waals surface area contributed by atoms with Crippen molar-refractivity contribution in [1.82, 2.24) is 10.2 Å². The highest BCUT2D eigenvalue weighted by Crippen LogP contribution is 2.12. The van der Waals surface area contributed by atoms with E-state index in [1.54, 1.807) is 0 Å². The zero-order valence-corrected chi connectivity index (χ0v) is 14.5. The quantitative estimate of drug-likeness (QED) is 0.746. The Hall–Kier alpha value is -0.510. The molecule has 2 nitrogen and oxygen atoms in total. The molecule has 1 unspecified atom stereocenters. The number of hydrogen-bond donors (Lipinski definition) is 1. The monoisotopic (exact) mass is 294 g/mol. The normalized spacial score (nSPS) is 13.2. The van der Waals surface area contributed by atoms with Crippen LogP contribution in [0.3, 0.4) is 0 Å². The highest BCUT2D eigenvalue weighted by atomic mass is 32.2. The molecule has 0 saturated heterocycles. The van der Waals surface area contributed by atoms with Gasteiger partial charge in [0.1, 0.15) is 0 Å². The number of thioether (sulfide) groups is 1. The number of hydrogen-bond acceptors (Lipinski definition) is 3. The zero-order chi connectivity index (χ0) is 15.0. The summed E-state index contributed by atoms with van der Waals surface area (Å²) < 4.78 is 0. The van der Waals surface area contributed by atoms with Crippen molar-refractivity contribution in [2.75, 3.05) is 19.1 Å². The molecule has 20 heavy (non-hydrogen) atoms. The summed E-state index contributed by atoms with van der Waals surface area (Å²) in [6.07, 6.45) is 3.44. The van der Waals surface area contributed by atoms with E-state index >= 15 is 0 Å². The van der Waals surface area contributed by atoms with E-state index in [1.165, 1.54) is 23.3 Å². The SMILES string of the molecule is CSCCC(C)N(C)Cc1ccc(CNC(C)C)cc1. The first-order chi connectivity index (χ1) is 9.52. The van der Waals surface area contributed by atoms with Gasteiger partial charge < -0.3 is 5.32 Å². The molecule has 0 aliphatic carbocycles. The van der Waals surface area contributed by atoms with Gasteiger partial charge in [-0.25, -0.2) is 0 Å². The van der Waals surface area contributed by atoms with E-state index in [9.17, 15) is 0 Å². The molecular formula is C17H30N2S. The molecule has 3 heteroatoms. The zero-order valence-electron chi connectivity index (χ0n) is 13.6. The van der Waals surface area contributed by atoms with Crippen molar-refractivity contribution in [3.8, 4) is 0 Å². The third-order valence-corrected chi connectivity index (χ3v) is 4.31. The van der Waals surface area contributed by atoms with E-state index in [0.29, 0.717) is 12.1 Å². The molecule has 0 amide bonds. The fourth-order valence-electron chi connectivity index (χ4n) is 2.04. The Morgan fingerprint density at radius 1 is 1.10 bits per heavy atom. The van der Waals surface area contributed by atoms with Crippen molar-refractivity contribution < 1.29 is 0 Å². The van der Waals surface area contributed by atoms with Crippen LogP contribution in [0.25, 0.3) is 0 Å². The molecule has 0 bridgehead atoms. The van der Waals surface area contributed by atoms with Crippen molar-refractivity contribution >= 4 is 11.8 Å². The van der Waals surface area contributed by atoms with Crippen LogP contribution in [-0.4, -0.2) is 36.0 Å². The first-order valence-electron chi connectivity index (χ1n) is 7.53. The molecule has 0 radical (unpaired) electrons. The lowest BCUT2D eigenvalue weighted by Gasteiger charge is -2.24. The summed E-state index contributed by atoms with van der Waals surface area (Å²) in [5.74, 6) is 1.24. The molecule has 0 fully saturated rings. The highest BCUT2D eigenvalue weighted by Gasteiger charge is 2.09. The van der Waals surface area contributed by atoms with Gasteiger partial charge in [-0.15, -0.1) is 0 Å². The molecule has 0 aromatic heterocycles. The van der Waals surface area contributed by atoms with Crippen LogP contribution in [0.4, 0.5) is 0 Å². The second-order valence-corrected chi connectivity index (χ2v) is 6.88. The van der Waals surface area contributed by atoms with Gasteiger partial charge in [-0.3, -0.25) is 4.90 Å². The van der Waals surface area contributed by atoms with Gasteiger partial charge >= 0.3 is 0 Å². The molecule has 1 aromatic carbocycles. The maximum Gasteiger partial charge on any atom is 0.0233 e. The van der Waals surface area contributed by atoms with E-state index in [-0.39, 0.29) is 0 Å².